The first kappa shape index (κ1) is 30.2. The number of phenolic OH excluding ortho intramolecular Hbond substituents is 1. The molecule has 3 fully saturated rings. The number of phenols is 1. The molecular weight excluding hydrogens is 596 g/mol. The van der Waals surface area contributed by atoms with Gasteiger partial charge in [0.05, 0.1) is 28.9 Å². The van der Waals surface area contributed by atoms with Crippen molar-refractivity contribution in [2.45, 2.75) is 37.5 Å². The van der Waals surface area contributed by atoms with Gasteiger partial charge in [-0.25, -0.2) is 4.79 Å². The fourth-order valence-corrected chi connectivity index (χ4v) is 8.47. The van der Waals surface area contributed by atoms with E-state index >= 15 is 4.79 Å². The zero-order chi connectivity index (χ0) is 33.2. The van der Waals surface area contributed by atoms with Crippen LogP contribution in [0, 0.1) is 30.6 Å². The number of nitrogens with zero attached hydrogens (tertiary/aromatic N) is 2. The van der Waals surface area contributed by atoms with Crippen molar-refractivity contribution in [1.29, 1.82) is 0 Å². The number of urea groups is 1. The topological polar surface area (TPSA) is 150 Å². The Hall–Kier alpha value is -5.51. The Labute approximate surface area is 271 Å². The summed E-state index contributed by atoms with van der Waals surface area (Å²) < 4.78 is 0. The summed E-state index contributed by atoms with van der Waals surface area (Å²) in [6, 6.07) is 20.5. The van der Waals surface area contributed by atoms with E-state index in [-0.39, 0.29) is 18.6 Å². The first-order chi connectivity index (χ1) is 22.6. The van der Waals surface area contributed by atoms with Gasteiger partial charge in [0.1, 0.15) is 5.75 Å². The monoisotopic (exact) mass is 630 g/mol. The first-order valence-electron chi connectivity index (χ1n) is 15.7. The van der Waals surface area contributed by atoms with Crippen LogP contribution in [0.15, 0.2) is 97.1 Å². The van der Waals surface area contributed by atoms with Gasteiger partial charge in [0.25, 0.3) is 11.8 Å². The number of primary amides is 1. The highest BCUT2D eigenvalue weighted by Crippen LogP contribution is 2.65. The third-order valence-electron chi connectivity index (χ3n) is 10.4. The molecule has 0 unspecified atom stereocenters. The van der Waals surface area contributed by atoms with Gasteiger partial charge in [-0.3, -0.25) is 24.6 Å². The van der Waals surface area contributed by atoms with Gasteiger partial charge in [0.2, 0.25) is 11.8 Å². The summed E-state index contributed by atoms with van der Waals surface area (Å²) in [5, 5.41) is 12.9. The summed E-state index contributed by atoms with van der Waals surface area (Å²) in [4.78, 5) is 69.6. The third-order valence-corrected chi connectivity index (χ3v) is 10.4. The number of imide groups is 4. The second-order valence-corrected chi connectivity index (χ2v) is 12.8. The molecule has 2 heterocycles. The largest absolute Gasteiger partial charge is 0.507 e. The third kappa shape index (κ3) is 4.27. The predicted octanol–water partition coefficient (Wildman–Crippen LogP) is 4.49. The molecule has 3 aromatic rings. The van der Waals surface area contributed by atoms with Crippen LogP contribution in [-0.2, 0) is 31.0 Å². The van der Waals surface area contributed by atoms with Crippen LogP contribution in [0.25, 0.3) is 0 Å². The van der Waals surface area contributed by atoms with E-state index in [2.05, 4.69) is 12.0 Å². The summed E-state index contributed by atoms with van der Waals surface area (Å²) in [5.41, 5.74) is 10.8. The van der Waals surface area contributed by atoms with Crippen molar-refractivity contribution < 1.29 is 29.1 Å². The number of para-hydroxylation sites is 1. The van der Waals surface area contributed by atoms with Crippen LogP contribution in [0.2, 0.25) is 0 Å². The zero-order valence-corrected chi connectivity index (χ0v) is 25.8. The van der Waals surface area contributed by atoms with Crippen molar-refractivity contribution in [2.24, 2.45) is 29.4 Å². The standard InChI is InChI=1S/C37H34N4O6/c1-3-8-21-9-7-12-26(31(21)42)30-24-17-18-25-29(34(45)40(32(25)43)36(38)47)27(24)19-28-33(44)41(39-23-15-13-20(2)14-16-23)35(46)37(28,30)22-10-5-4-6-11-22/h3-7,9-17,25,27-30,39,42H,1,8,18-19H2,2H3,(H2,38,47)/t25-,27+,28-,29-,30+,37+/m0/s1. The van der Waals surface area contributed by atoms with Gasteiger partial charge in [-0.05, 0) is 55.4 Å². The second-order valence-electron chi connectivity index (χ2n) is 12.8. The number of hydrogen-bond donors (Lipinski definition) is 3. The highest BCUT2D eigenvalue weighted by atomic mass is 16.3. The normalized spacial score (nSPS) is 28.0. The van der Waals surface area contributed by atoms with E-state index < -0.39 is 64.7 Å². The van der Waals surface area contributed by atoms with Crippen molar-refractivity contribution in [1.82, 2.24) is 9.91 Å². The highest BCUT2D eigenvalue weighted by Gasteiger charge is 2.70. The maximum absolute atomic E-state index is 15.1. The summed E-state index contributed by atoms with van der Waals surface area (Å²) in [5.74, 6) is -6.73. The molecule has 2 aliphatic heterocycles. The van der Waals surface area contributed by atoms with Crippen LogP contribution in [-0.4, -0.2) is 44.7 Å². The number of benzene rings is 3. The summed E-state index contributed by atoms with van der Waals surface area (Å²) in [7, 11) is 0. The molecule has 10 heteroatoms. The van der Waals surface area contributed by atoms with E-state index in [0.717, 1.165) is 10.6 Å². The zero-order valence-electron chi connectivity index (χ0n) is 25.8. The number of hydrazine groups is 1. The average Bonchev–Trinajstić information content (AvgIpc) is 3.45. The lowest BCUT2D eigenvalue weighted by atomic mass is 9.49. The van der Waals surface area contributed by atoms with Crippen molar-refractivity contribution in [3.05, 3.63) is 119 Å². The number of carbonyl (C=O) groups excluding carboxylic acids is 5. The van der Waals surface area contributed by atoms with Gasteiger partial charge in [-0.2, -0.15) is 9.91 Å². The molecule has 0 bridgehead atoms. The van der Waals surface area contributed by atoms with Gasteiger partial charge in [-0.1, -0.05) is 84.0 Å². The number of aryl methyl sites for hydroxylation is 1. The fraction of sp³-hybridized carbons (Fsp3) is 0.270. The van der Waals surface area contributed by atoms with Crippen LogP contribution >= 0.6 is 0 Å². The molecule has 4 N–H and O–H groups in total. The number of aromatic hydroxyl groups is 1. The van der Waals surface area contributed by atoms with Gasteiger partial charge < -0.3 is 10.8 Å². The lowest BCUT2D eigenvalue weighted by Crippen LogP contribution is -2.53. The van der Waals surface area contributed by atoms with Gasteiger partial charge >= 0.3 is 6.03 Å². The number of rotatable bonds is 6. The van der Waals surface area contributed by atoms with Crippen LogP contribution < -0.4 is 11.2 Å². The summed E-state index contributed by atoms with van der Waals surface area (Å²) >= 11 is 0. The molecule has 47 heavy (non-hydrogen) atoms. The minimum atomic E-state index is -1.52. The molecular formula is C37H34N4O6. The maximum atomic E-state index is 15.1. The Morgan fingerprint density at radius 2 is 1.70 bits per heavy atom. The molecule has 4 aliphatic rings. The Morgan fingerprint density at radius 3 is 2.38 bits per heavy atom. The molecule has 10 nitrogen and oxygen atoms in total. The van der Waals surface area contributed by atoms with Crippen LogP contribution in [0.4, 0.5) is 10.5 Å². The van der Waals surface area contributed by atoms with E-state index in [4.69, 9.17) is 5.73 Å². The minimum absolute atomic E-state index is 0.0343. The molecule has 0 radical (unpaired) electrons. The first-order valence-corrected chi connectivity index (χ1v) is 15.7. The number of carbonyl (C=O) groups is 5. The molecule has 1 saturated carbocycles. The number of likely N-dealkylation sites (tertiary alicyclic amines) is 1. The number of hydrogen-bond acceptors (Lipinski definition) is 7. The van der Waals surface area contributed by atoms with Gasteiger partial charge in [0.15, 0.2) is 0 Å². The molecule has 6 amide bonds. The molecule has 238 valence electrons. The van der Waals surface area contributed by atoms with Crippen molar-refractivity contribution >= 4 is 35.3 Å². The van der Waals surface area contributed by atoms with Crippen molar-refractivity contribution in [3.63, 3.8) is 0 Å². The minimum Gasteiger partial charge on any atom is -0.507 e. The average molecular weight is 631 g/mol. The van der Waals surface area contributed by atoms with Crippen LogP contribution in [0.5, 0.6) is 5.75 Å². The number of anilines is 1. The van der Waals surface area contributed by atoms with E-state index in [1.54, 1.807) is 48.5 Å². The number of nitrogens with one attached hydrogen (secondary N) is 1. The number of nitrogens with two attached hydrogens (primary N) is 1. The van der Waals surface area contributed by atoms with Crippen LogP contribution in [0.1, 0.15) is 41.0 Å². The number of allylic oxidation sites excluding steroid dienone is 3. The van der Waals surface area contributed by atoms with E-state index in [1.165, 1.54) is 0 Å². The number of fused-ring (bicyclic) bond motifs is 4. The Morgan fingerprint density at radius 1 is 0.979 bits per heavy atom. The number of amides is 6. The van der Waals surface area contributed by atoms with Gasteiger partial charge in [0, 0.05) is 11.5 Å². The van der Waals surface area contributed by atoms with E-state index in [0.29, 0.717) is 39.3 Å². The fourth-order valence-electron chi connectivity index (χ4n) is 8.47. The summed E-state index contributed by atoms with van der Waals surface area (Å²) in [6.07, 6.45) is 4.09. The SMILES string of the molecule is C=CCc1cccc([C@H]2C3=CC[C@@H]4C(=O)N(C(N)=O)C(=O)[C@@H]4[C@@H]3C[C@H]3C(=O)N(Nc4ccc(C)cc4)C(=O)[C@@]23c2ccccc2)c1O. The summed E-state index contributed by atoms with van der Waals surface area (Å²) in [6.45, 7) is 5.76. The molecule has 0 spiro atoms. The predicted molar refractivity (Wildman–Crippen MR) is 172 cm³/mol. The Balaban J connectivity index is 1.48. The van der Waals surface area contributed by atoms with E-state index in [1.807, 2.05) is 43.3 Å². The van der Waals surface area contributed by atoms with Gasteiger partial charge in [-0.15, -0.1) is 6.58 Å². The van der Waals surface area contributed by atoms with Crippen molar-refractivity contribution in [3.8, 4) is 5.75 Å². The molecule has 2 aliphatic carbocycles. The second kappa shape index (κ2) is 11.1. The maximum Gasteiger partial charge on any atom is 0.328 e. The lowest BCUT2D eigenvalue weighted by molar-refractivity contribution is -0.139. The van der Waals surface area contributed by atoms with Crippen LogP contribution in [0.3, 0.4) is 0 Å². The molecule has 3 aromatic carbocycles. The van der Waals surface area contributed by atoms with E-state index in [9.17, 15) is 24.3 Å². The van der Waals surface area contributed by atoms with Crippen molar-refractivity contribution in [2.75, 3.05) is 5.43 Å². The Kier molecular flexibility index (Phi) is 7.11. The highest BCUT2D eigenvalue weighted by molar-refractivity contribution is 6.17. The lowest BCUT2D eigenvalue weighted by Gasteiger charge is -2.50. The quantitative estimate of drug-likeness (QED) is 0.268. The smallest absolute Gasteiger partial charge is 0.328 e. The molecule has 7 rings (SSSR count). The molecule has 0 aromatic heterocycles. The molecule has 2 saturated heterocycles. The Bertz CT molecular complexity index is 1890. The molecule has 6 atom stereocenters.